The molecule has 36 heavy (non-hydrogen) atoms. The van der Waals surface area contributed by atoms with E-state index in [2.05, 4.69) is 21.2 Å². The fraction of sp³-hybridized carbons (Fsp3) is 0.179. The molecule has 3 aromatic carbocycles. The topological polar surface area (TPSA) is 75.7 Å². The lowest BCUT2D eigenvalue weighted by atomic mass is 10.00. The van der Waals surface area contributed by atoms with E-state index >= 15 is 0 Å². The number of hydrogen-bond donors (Lipinski definition) is 1. The molecule has 1 N–H and O–H groups in total. The Balaban J connectivity index is 1.75. The molecule has 0 radical (unpaired) electrons. The average molecular weight is 568 g/mol. The average Bonchev–Trinajstić information content (AvgIpc) is 2.82. The molecule has 0 atom stereocenters. The van der Waals surface area contributed by atoms with E-state index in [9.17, 15) is 14.4 Å². The van der Waals surface area contributed by atoms with Crippen molar-refractivity contribution in [2.75, 3.05) is 11.5 Å². The molecule has 1 saturated heterocycles. The number of hydrogen-bond acceptors (Lipinski definition) is 4. The second-order valence-electron chi connectivity index (χ2n) is 8.43. The van der Waals surface area contributed by atoms with Gasteiger partial charge in [0.1, 0.15) is 11.3 Å². The number of ether oxygens (including phenoxy) is 1. The van der Waals surface area contributed by atoms with Crippen LogP contribution in [0, 0.1) is 13.8 Å². The van der Waals surface area contributed by atoms with Gasteiger partial charge in [-0.1, -0.05) is 57.9 Å². The van der Waals surface area contributed by atoms with Crippen molar-refractivity contribution in [1.82, 2.24) is 5.32 Å². The Morgan fingerprint density at radius 1 is 1.06 bits per heavy atom. The second kappa shape index (κ2) is 10.7. The van der Waals surface area contributed by atoms with E-state index in [4.69, 9.17) is 16.3 Å². The summed E-state index contributed by atoms with van der Waals surface area (Å²) < 4.78 is 6.64. The van der Waals surface area contributed by atoms with Crippen molar-refractivity contribution in [2.45, 2.75) is 27.2 Å². The number of halogens is 2. The number of urea groups is 1. The number of anilines is 1. The maximum Gasteiger partial charge on any atom is 0.335 e. The Morgan fingerprint density at radius 2 is 1.81 bits per heavy atom. The van der Waals surface area contributed by atoms with E-state index in [-0.39, 0.29) is 5.57 Å². The Bertz CT molecular complexity index is 1420. The van der Waals surface area contributed by atoms with Crippen LogP contribution in [0.3, 0.4) is 0 Å². The van der Waals surface area contributed by atoms with Gasteiger partial charge in [0.25, 0.3) is 11.8 Å². The highest BCUT2D eigenvalue weighted by Gasteiger charge is 2.37. The minimum absolute atomic E-state index is 0.149. The number of amides is 4. The molecular formula is C28H24BrClN2O4. The fourth-order valence-electron chi connectivity index (χ4n) is 4.01. The number of carbonyl (C=O) groups is 3. The predicted octanol–water partition coefficient (Wildman–Crippen LogP) is 6.38. The largest absolute Gasteiger partial charge is 0.494 e. The molecule has 1 heterocycles. The van der Waals surface area contributed by atoms with Crippen LogP contribution in [0.1, 0.15) is 34.7 Å². The minimum atomic E-state index is -0.776. The number of imide groups is 2. The number of nitrogens with one attached hydrogen (secondary N) is 1. The van der Waals surface area contributed by atoms with Gasteiger partial charge in [-0.2, -0.15) is 0 Å². The van der Waals surface area contributed by atoms with E-state index in [1.165, 1.54) is 6.08 Å². The third kappa shape index (κ3) is 5.22. The van der Waals surface area contributed by atoms with Crippen LogP contribution in [-0.4, -0.2) is 24.5 Å². The monoisotopic (exact) mass is 566 g/mol. The highest BCUT2D eigenvalue weighted by atomic mass is 79.9. The number of rotatable bonds is 6. The van der Waals surface area contributed by atoms with Crippen LogP contribution in [0.5, 0.6) is 5.75 Å². The van der Waals surface area contributed by atoms with E-state index in [0.29, 0.717) is 35.1 Å². The van der Waals surface area contributed by atoms with E-state index in [1.54, 1.807) is 25.1 Å². The first-order valence-corrected chi connectivity index (χ1v) is 12.5. The van der Waals surface area contributed by atoms with Crippen LogP contribution in [0.15, 0.2) is 64.6 Å². The first kappa shape index (κ1) is 25.7. The molecular weight excluding hydrogens is 544 g/mol. The van der Waals surface area contributed by atoms with Gasteiger partial charge in [0, 0.05) is 21.5 Å². The Labute approximate surface area is 223 Å². The van der Waals surface area contributed by atoms with Crippen LogP contribution >= 0.6 is 27.5 Å². The van der Waals surface area contributed by atoms with E-state index in [1.807, 2.05) is 50.2 Å². The summed E-state index contributed by atoms with van der Waals surface area (Å²) >= 11 is 9.98. The molecule has 4 amide bonds. The molecule has 0 aliphatic carbocycles. The van der Waals surface area contributed by atoms with Crippen LogP contribution in [0.25, 0.3) is 6.08 Å². The SMILES string of the molecule is CCOc1cc(/C=C2\C(=O)NC(=O)N(c3cc(C)ccc3C)C2=O)cc(Br)c1Cc1ccccc1Cl. The fourth-order valence-corrected chi connectivity index (χ4v) is 4.81. The number of aryl methyl sites for hydroxylation is 2. The van der Waals surface area contributed by atoms with Gasteiger partial charge in [-0.05, 0) is 73.4 Å². The number of barbiturate groups is 1. The van der Waals surface area contributed by atoms with Gasteiger partial charge in [-0.15, -0.1) is 0 Å². The molecule has 0 spiro atoms. The zero-order chi connectivity index (χ0) is 26.0. The number of carbonyl (C=O) groups excluding carboxylic acids is 3. The predicted molar refractivity (Wildman–Crippen MR) is 144 cm³/mol. The van der Waals surface area contributed by atoms with Crippen molar-refractivity contribution in [3.8, 4) is 5.75 Å². The third-order valence-corrected chi connectivity index (χ3v) is 6.90. The lowest BCUT2D eigenvalue weighted by molar-refractivity contribution is -0.122. The van der Waals surface area contributed by atoms with Gasteiger partial charge in [0.15, 0.2) is 0 Å². The highest BCUT2D eigenvalue weighted by Crippen LogP contribution is 2.34. The normalized spacial score (nSPS) is 14.9. The molecule has 0 saturated carbocycles. The van der Waals surface area contributed by atoms with Crippen molar-refractivity contribution in [1.29, 1.82) is 0 Å². The summed E-state index contributed by atoms with van der Waals surface area (Å²) in [5.41, 5.74) is 4.31. The Kier molecular flexibility index (Phi) is 7.62. The maximum absolute atomic E-state index is 13.4. The maximum atomic E-state index is 13.4. The molecule has 1 aliphatic heterocycles. The van der Waals surface area contributed by atoms with Crippen molar-refractivity contribution in [3.63, 3.8) is 0 Å². The second-order valence-corrected chi connectivity index (χ2v) is 9.69. The van der Waals surface area contributed by atoms with Crippen molar-refractivity contribution >= 4 is 57.1 Å². The summed E-state index contributed by atoms with van der Waals surface area (Å²) in [7, 11) is 0. The molecule has 184 valence electrons. The van der Waals surface area contributed by atoms with Crippen LogP contribution in [0.4, 0.5) is 10.5 Å². The van der Waals surface area contributed by atoms with Crippen molar-refractivity contribution in [2.24, 2.45) is 0 Å². The Hall–Kier alpha value is -3.42. The molecule has 8 heteroatoms. The van der Waals surface area contributed by atoms with Crippen molar-refractivity contribution < 1.29 is 19.1 Å². The lowest BCUT2D eigenvalue weighted by Crippen LogP contribution is -2.54. The van der Waals surface area contributed by atoms with Crippen LogP contribution in [-0.2, 0) is 16.0 Å². The zero-order valence-electron chi connectivity index (χ0n) is 20.0. The summed E-state index contributed by atoms with van der Waals surface area (Å²) in [6.45, 7) is 5.98. The molecule has 0 aromatic heterocycles. The summed E-state index contributed by atoms with van der Waals surface area (Å²) in [5, 5.41) is 2.93. The molecule has 1 aliphatic rings. The van der Waals surface area contributed by atoms with Crippen LogP contribution in [0.2, 0.25) is 5.02 Å². The summed E-state index contributed by atoms with van der Waals surface area (Å²) in [5.74, 6) is -0.836. The third-order valence-electron chi connectivity index (χ3n) is 5.82. The van der Waals surface area contributed by atoms with Gasteiger partial charge >= 0.3 is 6.03 Å². The molecule has 3 aromatic rings. The molecule has 6 nitrogen and oxygen atoms in total. The van der Waals surface area contributed by atoms with Gasteiger partial charge in [-0.25, -0.2) is 9.69 Å². The van der Waals surface area contributed by atoms with E-state index < -0.39 is 17.8 Å². The highest BCUT2D eigenvalue weighted by molar-refractivity contribution is 9.10. The first-order valence-electron chi connectivity index (χ1n) is 11.4. The van der Waals surface area contributed by atoms with Gasteiger partial charge in [0.05, 0.1) is 12.3 Å². The smallest absolute Gasteiger partial charge is 0.335 e. The molecule has 0 bridgehead atoms. The summed E-state index contributed by atoms with van der Waals surface area (Å²) in [6.07, 6.45) is 2.00. The zero-order valence-corrected chi connectivity index (χ0v) is 22.4. The molecule has 1 fully saturated rings. The van der Waals surface area contributed by atoms with Gasteiger partial charge < -0.3 is 4.74 Å². The van der Waals surface area contributed by atoms with Gasteiger partial charge in [-0.3, -0.25) is 14.9 Å². The molecule has 4 rings (SSSR count). The number of benzene rings is 3. The van der Waals surface area contributed by atoms with Crippen LogP contribution < -0.4 is 15.0 Å². The number of nitrogens with zero attached hydrogens (tertiary/aromatic N) is 1. The van der Waals surface area contributed by atoms with Gasteiger partial charge in [0.2, 0.25) is 0 Å². The minimum Gasteiger partial charge on any atom is -0.494 e. The van der Waals surface area contributed by atoms with Crippen molar-refractivity contribution in [3.05, 3.63) is 97.5 Å². The lowest BCUT2D eigenvalue weighted by Gasteiger charge is -2.28. The summed E-state index contributed by atoms with van der Waals surface area (Å²) in [6, 6.07) is 15.8. The summed E-state index contributed by atoms with van der Waals surface area (Å²) in [4.78, 5) is 39.7. The standard InChI is InChI=1S/C28H24BrClN2O4/c1-4-36-25-14-18(13-22(29)20(25)15-19-7-5-6-8-23(19)30)12-21-26(33)31-28(35)32(27(21)34)24-11-16(2)9-10-17(24)3/h5-14H,4,15H2,1-3H3,(H,31,33,35)/b21-12+. The quantitative estimate of drug-likeness (QED) is 0.277. The Morgan fingerprint density at radius 3 is 2.53 bits per heavy atom. The van der Waals surface area contributed by atoms with E-state index in [0.717, 1.165) is 31.6 Å². The first-order chi connectivity index (χ1) is 17.2. The molecule has 0 unspecified atom stereocenters.